The molecule has 0 saturated carbocycles. The number of sulfone groups is 1. The number of aryl methyl sites for hydroxylation is 2. The smallest absolute Gasteiger partial charge is 0.254 e. The summed E-state index contributed by atoms with van der Waals surface area (Å²) < 4.78 is 33.6. The first-order chi connectivity index (χ1) is 11.5. The number of benzene rings is 1. The topological polar surface area (TPSA) is 91.9 Å². The predicted molar refractivity (Wildman–Crippen MR) is 86.9 cm³/mol. The molecule has 2 aromatic heterocycles. The maximum Gasteiger partial charge on any atom is 0.254 e. The van der Waals surface area contributed by atoms with Crippen molar-refractivity contribution in [3.05, 3.63) is 48.5 Å². The zero-order valence-electron chi connectivity index (χ0n) is 13.3. The lowest BCUT2D eigenvalue weighted by Gasteiger charge is -2.10. The zero-order valence-corrected chi connectivity index (χ0v) is 14.1. The Morgan fingerprint density at radius 1 is 1.17 bits per heavy atom. The normalized spacial score (nSPS) is 11.6. The van der Waals surface area contributed by atoms with Gasteiger partial charge < -0.3 is 4.74 Å². The van der Waals surface area contributed by atoms with Gasteiger partial charge in [-0.1, -0.05) is 0 Å². The molecule has 1 aromatic carbocycles. The van der Waals surface area contributed by atoms with E-state index in [2.05, 4.69) is 15.3 Å². The molecule has 0 aliphatic heterocycles. The van der Waals surface area contributed by atoms with Crippen LogP contribution >= 0.6 is 0 Å². The zero-order chi connectivity index (χ0) is 17.2. The van der Waals surface area contributed by atoms with E-state index in [1.807, 2.05) is 0 Å². The van der Waals surface area contributed by atoms with Gasteiger partial charge in [0.05, 0.1) is 19.4 Å². The van der Waals surface area contributed by atoms with E-state index in [9.17, 15) is 8.42 Å². The summed E-state index contributed by atoms with van der Waals surface area (Å²) in [5.74, 6) is 1.08. The monoisotopic (exact) mass is 347 g/mol. The third-order valence-corrected chi connectivity index (χ3v) is 5.09. The van der Waals surface area contributed by atoms with Crippen LogP contribution in [0, 0.1) is 6.92 Å². The van der Waals surface area contributed by atoms with Gasteiger partial charge in [0.2, 0.25) is 9.84 Å². The Morgan fingerprint density at radius 2 is 1.92 bits per heavy atom. The number of hydrogen-bond acceptors (Lipinski definition) is 6. The fraction of sp³-hybridized carbons (Fsp3) is 0.267. The van der Waals surface area contributed by atoms with Gasteiger partial charge in [-0.3, -0.25) is 9.25 Å². The molecule has 0 saturated heterocycles. The number of nitrogens with zero attached hydrogens (tertiary/aromatic N) is 5. The molecule has 0 radical (unpaired) electrons. The van der Waals surface area contributed by atoms with Crippen molar-refractivity contribution in [2.75, 3.05) is 12.9 Å². The average molecular weight is 347 g/mol. The predicted octanol–water partition coefficient (Wildman–Crippen LogP) is 1.25. The van der Waals surface area contributed by atoms with Crippen molar-refractivity contribution in [3.8, 4) is 11.4 Å². The van der Waals surface area contributed by atoms with E-state index in [0.29, 0.717) is 17.3 Å². The van der Waals surface area contributed by atoms with Crippen molar-refractivity contribution >= 4 is 9.84 Å². The van der Waals surface area contributed by atoms with Crippen LogP contribution in [0.25, 0.3) is 5.69 Å². The molecule has 0 aliphatic carbocycles. The van der Waals surface area contributed by atoms with Crippen molar-refractivity contribution < 1.29 is 13.2 Å². The molecule has 126 valence electrons. The number of aromatic nitrogens is 5. The Labute approximate surface area is 139 Å². The Morgan fingerprint density at radius 3 is 2.54 bits per heavy atom. The molecule has 3 rings (SSSR count). The summed E-state index contributed by atoms with van der Waals surface area (Å²) >= 11 is 0. The molecule has 0 fully saturated rings. The van der Waals surface area contributed by atoms with Crippen LogP contribution in [-0.2, 0) is 16.4 Å². The summed E-state index contributed by atoms with van der Waals surface area (Å²) in [5, 5.41) is 11.7. The average Bonchev–Trinajstić information content (AvgIpc) is 3.23. The molecule has 0 amide bonds. The number of ether oxygens (including phenoxy) is 1. The van der Waals surface area contributed by atoms with Crippen molar-refractivity contribution in [1.29, 1.82) is 0 Å². The molecule has 0 unspecified atom stereocenters. The Kier molecular flexibility index (Phi) is 4.34. The first-order valence-corrected chi connectivity index (χ1v) is 8.93. The van der Waals surface area contributed by atoms with E-state index in [4.69, 9.17) is 4.74 Å². The molecular formula is C15H17N5O3S. The van der Waals surface area contributed by atoms with Gasteiger partial charge in [-0.05, 0) is 37.3 Å². The molecule has 8 nitrogen and oxygen atoms in total. The summed E-state index contributed by atoms with van der Waals surface area (Å²) in [5.41, 5.74) is 0.663. The third-order valence-electron chi connectivity index (χ3n) is 3.55. The van der Waals surface area contributed by atoms with Crippen LogP contribution in [0.5, 0.6) is 5.75 Å². The SMILES string of the molecule is COc1ccc(-n2c(C)nnc2S(=O)(=O)CCn2cccn2)cc1. The van der Waals surface area contributed by atoms with Crippen LogP contribution in [0.4, 0.5) is 0 Å². The van der Waals surface area contributed by atoms with Gasteiger partial charge in [0, 0.05) is 18.1 Å². The summed E-state index contributed by atoms with van der Waals surface area (Å²) in [6.45, 7) is 1.97. The van der Waals surface area contributed by atoms with Crippen LogP contribution in [0.1, 0.15) is 5.82 Å². The highest BCUT2D eigenvalue weighted by molar-refractivity contribution is 7.91. The highest BCUT2D eigenvalue weighted by Crippen LogP contribution is 2.20. The highest BCUT2D eigenvalue weighted by Gasteiger charge is 2.24. The minimum Gasteiger partial charge on any atom is -0.497 e. The minimum absolute atomic E-state index is 0.0719. The molecule has 0 spiro atoms. The maximum absolute atomic E-state index is 12.7. The van der Waals surface area contributed by atoms with E-state index in [-0.39, 0.29) is 17.5 Å². The molecule has 0 N–H and O–H groups in total. The summed E-state index contributed by atoms with van der Waals surface area (Å²) in [4.78, 5) is 0. The van der Waals surface area contributed by atoms with Gasteiger partial charge in [-0.2, -0.15) is 5.10 Å². The molecule has 0 atom stereocenters. The van der Waals surface area contributed by atoms with E-state index < -0.39 is 9.84 Å². The molecule has 2 heterocycles. The molecule has 0 aliphatic rings. The van der Waals surface area contributed by atoms with Gasteiger partial charge in [0.1, 0.15) is 11.6 Å². The Hall–Kier alpha value is -2.68. The summed E-state index contributed by atoms with van der Waals surface area (Å²) in [6, 6.07) is 8.80. The minimum atomic E-state index is -3.61. The first-order valence-electron chi connectivity index (χ1n) is 7.28. The highest BCUT2D eigenvalue weighted by atomic mass is 32.2. The fourth-order valence-corrected chi connectivity index (χ4v) is 3.60. The van der Waals surface area contributed by atoms with Crippen LogP contribution in [-0.4, -0.2) is 45.8 Å². The quantitative estimate of drug-likeness (QED) is 0.666. The second-order valence-corrected chi connectivity index (χ2v) is 7.15. The van der Waals surface area contributed by atoms with Crippen LogP contribution in [0.15, 0.2) is 47.9 Å². The Bertz CT molecular complexity index is 915. The molecule has 24 heavy (non-hydrogen) atoms. The number of methoxy groups -OCH3 is 1. The van der Waals surface area contributed by atoms with Crippen LogP contribution < -0.4 is 4.74 Å². The van der Waals surface area contributed by atoms with E-state index in [1.54, 1.807) is 61.4 Å². The molecule has 3 aromatic rings. The van der Waals surface area contributed by atoms with Gasteiger partial charge in [-0.15, -0.1) is 10.2 Å². The first kappa shape index (κ1) is 16.2. The second kappa shape index (κ2) is 6.44. The van der Waals surface area contributed by atoms with Gasteiger partial charge in [0.15, 0.2) is 0 Å². The fourth-order valence-electron chi connectivity index (χ4n) is 2.31. The summed E-state index contributed by atoms with van der Waals surface area (Å²) in [6.07, 6.45) is 3.32. The van der Waals surface area contributed by atoms with E-state index in [1.165, 1.54) is 4.57 Å². The standard InChI is InChI=1S/C15H17N5O3S/c1-12-17-18-15(20(12)13-4-6-14(23-2)7-5-13)24(21,22)11-10-19-9-3-8-16-19/h3-9H,10-11H2,1-2H3. The van der Waals surface area contributed by atoms with Gasteiger partial charge in [0.25, 0.3) is 5.16 Å². The molecular weight excluding hydrogens is 330 g/mol. The lowest BCUT2D eigenvalue weighted by molar-refractivity contribution is 0.414. The maximum atomic E-state index is 12.7. The van der Waals surface area contributed by atoms with Crippen LogP contribution in [0.3, 0.4) is 0 Å². The van der Waals surface area contributed by atoms with Crippen LogP contribution in [0.2, 0.25) is 0 Å². The summed E-state index contributed by atoms with van der Waals surface area (Å²) in [7, 11) is -2.04. The number of rotatable bonds is 6. The van der Waals surface area contributed by atoms with Crippen molar-refractivity contribution in [2.24, 2.45) is 0 Å². The number of hydrogen-bond donors (Lipinski definition) is 0. The molecule has 9 heteroatoms. The van der Waals surface area contributed by atoms with Gasteiger partial charge in [-0.25, -0.2) is 8.42 Å². The molecule has 0 bridgehead atoms. The van der Waals surface area contributed by atoms with Gasteiger partial charge >= 0.3 is 0 Å². The largest absolute Gasteiger partial charge is 0.497 e. The Balaban J connectivity index is 1.93. The third kappa shape index (κ3) is 3.16. The van der Waals surface area contributed by atoms with E-state index in [0.717, 1.165) is 0 Å². The van der Waals surface area contributed by atoms with Crippen molar-refractivity contribution in [1.82, 2.24) is 24.5 Å². The van der Waals surface area contributed by atoms with Crippen molar-refractivity contribution in [2.45, 2.75) is 18.6 Å². The van der Waals surface area contributed by atoms with E-state index >= 15 is 0 Å². The lowest BCUT2D eigenvalue weighted by Crippen LogP contribution is -2.18. The second-order valence-electron chi connectivity index (χ2n) is 5.15. The lowest BCUT2D eigenvalue weighted by atomic mass is 10.3. The van der Waals surface area contributed by atoms with Crippen molar-refractivity contribution in [3.63, 3.8) is 0 Å².